The third kappa shape index (κ3) is 4.32. The average Bonchev–Trinajstić information content (AvgIpc) is 3.08. The minimum absolute atomic E-state index is 0.0292. The van der Waals surface area contributed by atoms with Gasteiger partial charge in [0.2, 0.25) is 0 Å². The lowest BCUT2D eigenvalue weighted by atomic mass is 9.89. The Hall–Kier alpha value is -2.89. The van der Waals surface area contributed by atoms with Gasteiger partial charge in [0, 0.05) is 12.2 Å². The van der Waals surface area contributed by atoms with E-state index in [0.717, 1.165) is 48.9 Å². The van der Waals surface area contributed by atoms with Crippen molar-refractivity contribution in [1.29, 1.82) is 5.26 Å². The van der Waals surface area contributed by atoms with E-state index < -0.39 is 29.2 Å². The fourth-order valence-corrected chi connectivity index (χ4v) is 3.46. The molecule has 1 aliphatic rings. The second-order valence-electron chi connectivity index (χ2n) is 6.85. The quantitative estimate of drug-likeness (QED) is 0.761. The highest BCUT2D eigenvalue weighted by Crippen LogP contribution is 2.33. The lowest BCUT2D eigenvalue weighted by Gasteiger charge is -2.22. The van der Waals surface area contributed by atoms with Crippen molar-refractivity contribution in [2.75, 3.05) is 5.32 Å². The van der Waals surface area contributed by atoms with E-state index in [2.05, 4.69) is 10.4 Å². The van der Waals surface area contributed by atoms with Crippen LogP contribution >= 0.6 is 0 Å². The molecule has 1 heterocycles. The largest absolute Gasteiger partial charge is 0.420 e. The van der Waals surface area contributed by atoms with Gasteiger partial charge in [-0.1, -0.05) is 19.3 Å². The van der Waals surface area contributed by atoms with Gasteiger partial charge < -0.3 is 5.32 Å². The zero-order valence-electron chi connectivity index (χ0n) is 14.9. The van der Waals surface area contributed by atoms with E-state index in [1.54, 1.807) is 6.07 Å². The third-order valence-corrected chi connectivity index (χ3v) is 4.86. The number of nitrogens with one attached hydrogen (secondary N) is 1. The van der Waals surface area contributed by atoms with Crippen LogP contribution in [0, 0.1) is 23.1 Å². The minimum atomic E-state index is -4.74. The van der Waals surface area contributed by atoms with Gasteiger partial charge in [0.25, 0.3) is 5.91 Å². The molecule has 0 unspecified atom stereocenters. The third-order valence-electron chi connectivity index (χ3n) is 4.86. The number of carbonyl (C=O) groups excluding carboxylic acids is 1. The van der Waals surface area contributed by atoms with Crippen LogP contribution in [0.25, 0.3) is 0 Å². The summed E-state index contributed by atoms with van der Waals surface area (Å²) in [5.41, 5.74) is -1.99. The first-order valence-electron chi connectivity index (χ1n) is 8.93. The van der Waals surface area contributed by atoms with E-state index in [1.165, 1.54) is 6.07 Å². The molecule has 1 amide bonds. The lowest BCUT2D eigenvalue weighted by Crippen LogP contribution is -2.24. The Morgan fingerprint density at radius 1 is 1.29 bits per heavy atom. The van der Waals surface area contributed by atoms with Gasteiger partial charge in [0.1, 0.15) is 23.1 Å². The molecule has 0 aliphatic heterocycles. The van der Waals surface area contributed by atoms with Gasteiger partial charge in [-0.15, -0.1) is 0 Å². The van der Waals surface area contributed by atoms with Crippen molar-refractivity contribution in [2.24, 2.45) is 5.92 Å². The molecular formula is C19H18F4N4O. The monoisotopic (exact) mass is 394 g/mol. The van der Waals surface area contributed by atoms with Crippen molar-refractivity contribution < 1.29 is 22.4 Å². The highest BCUT2D eigenvalue weighted by Gasteiger charge is 2.39. The molecule has 3 rings (SSSR count). The molecule has 1 fully saturated rings. The zero-order chi connectivity index (χ0) is 20.3. The summed E-state index contributed by atoms with van der Waals surface area (Å²) < 4.78 is 54.7. The molecule has 0 atom stereocenters. The maximum Gasteiger partial charge on any atom is 0.420 e. The molecule has 0 spiro atoms. The van der Waals surface area contributed by atoms with Gasteiger partial charge in [0.05, 0.1) is 11.8 Å². The van der Waals surface area contributed by atoms with E-state index in [9.17, 15) is 22.4 Å². The van der Waals surface area contributed by atoms with Crippen LogP contribution in [-0.4, -0.2) is 15.7 Å². The number of hydrogen-bond donors (Lipinski definition) is 1. The Bertz CT molecular complexity index is 908. The molecule has 0 saturated heterocycles. The van der Waals surface area contributed by atoms with Crippen LogP contribution < -0.4 is 5.32 Å². The van der Waals surface area contributed by atoms with E-state index in [-0.39, 0.29) is 23.7 Å². The molecule has 1 N–H and O–H groups in total. The first kappa shape index (κ1) is 19.9. The summed E-state index contributed by atoms with van der Waals surface area (Å²) >= 11 is 0. The average molecular weight is 394 g/mol. The number of carbonyl (C=O) groups is 1. The fourth-order valence-electron chi connectivity index (χ4n) is 3.46. The summed E-state index contributed by atoms with van der Waals surface area (Å²) in [6, 6.07) is 4.85. The summed E-state index contributed by atoms with van der Waals surface area (Å²) in [5, 5.41) is 15.0. The van der Waals surface area contributed by atoms with E-state index in [0.29, 0.717) is 6.20 Å². The zero-order valence-corrected chi connectivity index (χ0v) is 14.9. The summed E-state index contributed by atoms with van der Waals surface area (Å²) in [7, 11) is 0. The van der Waals surface area contributed by atoms with Crippen molar-refractivity contribution in [3.8, 4) is 6.07 Å². The number of amides is 1. The SMILES string of the molecule is N#Cc1cc(NC(=O)c2c(C(F)(F)F)cnn2CC2CCCCC2)ccc1F. The smallest absolute Gasteiger partial charge is 0.321 e. The minimum Gasteiger partial charge on any atom is -0.321 e. The van der Waals surface area contributed by atoms with Crippen LogP contribution in [-0.2, 0) is 12.7 Å². The number of alkyl halides is 3. The van der Waals surface area contributed by atoms with Crippen molar-refractivity contribution in [2.45, 2.75) is 44.8 Å². The Morgan fingerprint density at radius 3 is 2.64 bits per heavy atom. The van der Waals surface area contributed by atoms with E-state index in [4.69, 9.17) is 5.26 Å². The van der Waals surface area contributed by atoms with Crippen LogP contribution in [0.1, 0.15) is 53.7 Å². The molecule has 1 saturated carbocycles. The molecule has 1 aromatic heterocycles. The standard InChI is InChI=1S/C19H18F4N4O/c20-16-7-6-14(8-13(16)9-24)26-18(28)17-15(19(21,22)23)10-25-27(17)11-12-4-2-1-3-5-12/h6-8,10,12H,1-5,11H2,(H,26,28). The Morgan fingerprint density at radius 2 is 2.00 bits per heavy atom. The predicted octanol–water partition coefficient (Wildman–Crippen LogP) is 4.75. The normalized spacial score (nSPS) is 15.2. The first-order chi connectivity index (χ1) is 13.3. The van der Waals surface area contributed by atoms with Gasteiger partial charge in [-0.25, -0.2) is 4.39 Å². The molecule has 5 nitrogen and oxygen atoms in total. The molecule has 148 valence electrons. The number of halogens is 4. The molecule has 28 heavy (non-hydrogen) atoms. The highest BCUT2D eigenvalue weighted by atomic mass is 19.4. The van der Waals surface area contributed by atoms with E-state index in [1.807, 2.05) is 0 Å². The fraction of sp³-hybridized carbons (Fsp3) is 0.421. The molecule has 0 radical (unpaired) electrons. The first-order valence-corrected chi connectivity index (χ1v) is 8.93. The maximum atomic E-state index is 13.4. The number of nitrogens with zero attached hydrogens (tertiary/aromatic N) is 3. The number of nitriles is 1. The van der Waals surface area contributed by atoms with Crippen LogP contribution in [0.15, 0.2) is 24.4 Å². The Kier molecular flexibility index (Phi) is 5.68. The van der Waals surface area contributed by atoms with Crippen molar-refractivity contribution in [3.05, 3.63) is 47.0 Å². The molecule has 9 heteroatoms. The summed E-state index contributed by atoms with van der Waals surface area (Å²) in [6.45, 7) is 0.228. The van der Waals surface area contributed by atoms with Gasteiger partial charge in [-0.05, 0) is 37.0 Å². The van der Waals surface area contributed by atoms with Crippen molar-refractivity contribution >= 4 is 11.6 Å². The number of rotatable bonds is 4. The van der Waals surface area contributed by atoms with Gasteiger partial charge in [0.15, 0.2) is 0 Å². The number of anilines is 1. The highest BCUT2D eigenvalue weighted by molar-refractivity contribution is 6.04. The van der Waals surface area contributed by atoms with E-state index >= 15 is 0 Å². The second kappa shape index (κ2) is 8.00. The predicted molar refractivity (Wildman–Crippen MR) is 92.9 cm³/mol. The number of aromatic nitrogens is 2. The van der Waals surface area contributed by atoms with Crippen LogP contribution in [0.5, 0.6) is 0 Å². The number of benzene rings is 1. The van der Waals surface area contributed by atoms with Crippen molar-refractivity contribution in [1.82, 2.24) is 9.78 Å². The lowest BCUT2D eigenvalue weighted by molar-refractivity contribution is -0.138. The summed E-state index contributed by atoms with van der Waals surface area (Å²) in [6.07, 6.45) is 0.791. The topological polar surface area (TPSA) is 70.7 Å². The molecule has 0 bridgehead atoms. The van der Waals surface area contributed by atoms with Gasteiger partial charge in [-0.3, -0.25) is 9.48 Å². The van der Waals surface area contributed by atoms with Gasteiger partial charge in [-0.2, -0.15) is 23.5 Å². The molecule has 1 aromatic carbocycles. The number of hydrogen-bond acceptors (Lipinski definition) is 3. The van der Waals surface area contributed by atoms with Gasteiger partial charge >= 0.3 is 6.18 Å². The van der Waals surface area contributed by atoms with Crippen LogP contribution in [0.2, 0.25) is 0 Å². The summed E-state index contributed by atoms with van der Waals surface area (Å²) in [4.78, 5) is 12.6. The van der Waals surface area contributed by atoms with Crippen molar-refractivity contribution in [3.63, 3.8) is 0 Å². The van der Waals surface area contributed by atoms with Crippen LogP contribution in [0.3, 0.4) is 0 Å². The van der Waals surface area contributed by atoms with Crippen LogP contribution in [0.4, 0.5) is 23.2 Å². The molecule has 1 aliphatic carbocycles. The molecule has 2 aromatic rings. The maximum absolute atomic E-state index is 13.4. The Balaban J connectivity index is 1.90. The second-order valence-corrected chi connectivity index (χ2v) is 6.85. The Labute approximate surface area is 159 Å². The summed E-state index contributed by atoms with van der Waals surface area (Å²) in [5.74, 6) is -1.62. The molecular weight excluding hydrogens is 376 g/mol.